The van der Waals surface area contributed by atoms with Crippen LogP contribution in [0.15, 0.2) is 18.2 Å². The fraction of sp³-hybridized carbons (Fsp3) is 0.429. The predicted molar refractivity (Wildman–Crippen MR) is 106 cm³/mol. The van der Waals surface area contributed by atoms with Crippen LogP contribution in [0.5, 0.6) is 0 Å². The number of amides is 1. The average Bonchev–Trinajstić information content (AvgIpc) is 3.20. The number of halogens is 1. The quantitative estimate of drug-likeness (QED) is 0.467. The van der Waals surface area contributed by atoms with Crippen molar-refractivity contribution in [2.24, 2.45) is 18.7 Å². The van der Waals surface area contributed by atoms with Gasteiger partial charge < -0.3 is 10.5 Å². The van der Waals surface area contributed by atoms with Gasteiger partial charge in [0.2, 0.25) is 0 Å². The maximum Gasteiger partial charge on any atom is 0.414 e. The molecule has 1 saturated heterocycles. The lowest BCUT2D eigenvalue weighted by Gasteiger charge is -2.17. The van der Waals surface area contributed by atoms with Gasteiger partial charge in [0.25, 0.3) is 0 Å². The van der Waals surface area contributed by atoms with Crippen LogP contribution >= 0.6 is 0 Å². The number of hydrogen-bond acceptors (Lipinski definition) is 6. The molecule has 0 radical (unpaired) electrons. The second-order valence-corrected chi connectivity index (χ2v) is 7.78. The first-order valence-corrected chi connectivity index (χ1v) is 9.89. The summed E-state index contributed by atoms with van der Waals surface area (Å²) in [5.74, 6) is -2.65. The van der Waals surface area contributed by atoms with E-state index in [9.17, 15) is 14.4 Å². The highest BCUT2D eigenvalue weighted by Gasteiger charge is 2.37. The Morgan fingerprint density at radius 1 is 1.33 bits per heavy atom. The molecule has 8 nitrogen and oxygen atoms in total. The molecule has 30 heavy (non-hydrogen) atoms. The fourth-order valence-corrected chi connectivity index (χ4v) is 4.04. The summed E-state index contributed by atoms with van der Waals surface area (Å²) in [7, 11) is 1.72. The molecular formula is C21H23FN4O4. The summed E-state index contributed by atoms with van der Waals surface area (Å²) in [4.78, 5) is 39.5. The number of carbonyl (C=O) groups is 3. The highest BCUT2D eigenvalue weighted by Crippen LogP contribution is 2.33. The van der Waals surface area contributed by atoms with Gasteiger partial charge in [-0.1, -0.05) is 0 Å². The topological polar surface area (TPSA) is 108 Å². The number of Topliss-reactive ketones (excluding diaryl/α,β-unsaturated/α-hetero) is 2. The van der Waals surface area contributed by atoms with Crippen molar-refractivity contribution in [2.75, 3.05) is 18.0 Å². The van der Waals surface area contributed by atoms with E-state index in [1.165, 1.54) is 4.90 Å². The third kappa shape index (κ3) is 3.39. The maximum atomic E-state index is 15.1. The van der Waals surface area contributed by atoms with E-state index in [1.54, 1.807) is 23.9 Å². The van der Waals surface area contributed by atoms with Crippen molar-refractivity contribution in [1.82, 2.24) is 9.78 Å². The van der Waals surface area contributed by atoms with Crippen molar-refractivity contribution in [3.63, 3.8) is 0 Å². The van der Waals surface area contributed by atoms with Gasteiger partial charge in [-0.25, -0.2) is 9.18 Å². The number of ether oxygens (including phenoxy) is 1. The third-order valence-corrected chi connectivity index (χ3v) is 5.79. The number of fused-ring (bicyclic) bond motifs is 1. The van der Waals surface area contributed by atoms with Gasteiger partial charge in [-0.15, -0.1) is 0 Å². The van der Waals surface area contributed by atoms with Gasteiger partial charge in [0.05, 0.1) is 23.7 Å². The van der Waals surface area contributed by atoms with Crippen LogP contribution in [0.1, 0.15) is 44.9 Å². The number of nitrogens with two attached hydrogens (primary N) is 1. The zero-order valence-corrected chi connectivity index (χ0v) is 16.9. The first-order valence-electron chi connectivity index (χ1n) is 9.89. The van der Waals surface area contributed by atoms with Crippen LogP contribution in [0.25, 0.3) is 0 Å². The molecular weight excluding hydrogens is 391 g/mol. The number of hydrogen-bond donors (Lipinski definition) is 1. The number of anilines is 1. The second kappa shape index (κ2) is 7.64. The van der Waals surface area contributed by atoms with Crippen molar-refractivity contribution in [3.05, 3.63) is 46.5 Å². The standard InChI is InChI=1S/C21H23FN4O4/c1-11-6-17(24-25(11)2)19(27)15-5-3-4-12-7-13(8-16(22)18(12)20(15)28)26-10-14(9-23)30-21(26)29/h6-8,14-15H,3-5,9-10,23H2,1-2H3/t14-,15?/m0/s1. The lowest BCUT2D eigenvalue weighted by atomic mass is 9.89. The SMILES string of the molecule is Cc1cc(C(=O)C2CCCc3cc(N4C[C@H](CN)OC4=O)cc(F)c3C2=O)nn1C. The lowest BCUT2D eigenvalue weighted by molar-refractivity contribution is 0.0796. The van der Waals surface area contributed by atoms with Gasteiger partial charge in [0, 0.05) is 19.3 Å². The van der Waals surface area contributed by atoms with Gasteiger partial charge in [0.1, 0.15) is 17.6 Å². The number of rotatable bonds is 4. The van der Waals surface area contributed by atoms with E-state index in [4.69, 9.17) is 10.5 Å². The van der Waals surface area contributed by atoms with Crippen molar-refractivity contribution >= 4 is 23.3 Å². The van der Waals surface area contributed by atoms with Gasteiger partial charge in [-0.05, 0) is 49.9 Å². The predicted octanol–water partition coefficient (Wildman–Crippen LogP) is 2.17. The van der Waals surface area contributed by atoms with Crippen molar-refractivity contribution in [2.45, 2.75) is 32.3 Å². The van der Waals surface area contributed by atoms with E-state index in [-0.39, 0.29) is 24.3 Å². The minimum absolute atomic E-state index is 0.0785. The molecule has 0 spiro atoms. The Kier molecular flexibility index (Phi) is 5.15. The normalized spacial score (nSPS) is 21.4. The van der Waals surface area contributed by atoms with Crippen LogP contribution in [-0.4, -0.2) is 46.6 Å². The Morgan fingerprint density at radius 3 is 2.73 bits per heavy atom. The van der Waals surface area contributed by atoms with Gasteiger partial charge in [-0.3, -0.25) is 19.2 Å². The fourth-order valence-electron chi connectivity index (χ4n) is 4.04. The number of aryl methyl sites for hydroxylation is 3. The monoisotopic (exact) mass is 414 g/mol. The summed E-state index contributed by atoms with van der Waals surface area (Å²) in [6.07, 6.45) is 0.241. The molecule has 2 atom stereocenters. The third-order valence-electron chi connectivity index (χ3n) is 5.79. The summed E-state index contributed by atoms with van der Waals surface area (Å²) in [5.41, 5.74) is 7.30. The molecule has 1 aromatic heterocycles. The molecule has 2 N–H and O–H groups in total. The van der Waals surface area contributed by atoms with Crippen LogP contribution in [0.2, 0.25) is 0 Å². The van der Waals surface area contributed by atoms with Crippen molar-refractivity contribution in [3.8, 4) is 0 Å². The molecule has 1 fully saturated rings. The summed E-state index contributed by atoms with van der Waals surface area (Å²) in [6.45, 7) is 2.21. The van der Waals surface area contributed by atoms with Crippen LogP contribution < -0.4 is 10.6 Å². The molecule has 4 rings (SSSR count). The highest BCUT2D eigenvalue weighted by atomic mass is 19.1. The molecule has 1 aliphatic carbocycles. The Hall–Kier alpha value is -3.07. The van der Waals surface area contributed by atoms with Crippen molar-refractivity contribution in [1.29, 1.82) is 0 Å². The van der Waals surface area contributed by atoms with Crippen molar-refractivity contribution < 1.29 is 23.5 Å². The van der Waals surface area contributed by atoms with Gasteiger partial charge in [0.15, 0.2) is 11.6 Å². The maximum absolute atomic E-state index is 15.1. The molecule has 1 aromatic carbocycles. The molecule has 158 valence electrons. The number of ketones is 2. The molecule has 0 saturated carbocycles. The smallest absolute Gasteiger partial charge is 0.414 e. The first kappa shape index (κ1) is 20.2. The number of carbonyl (C=O) groups excluding carboxylic acids is 3. The van der Waals surface area contributed by atoms with E-state index < -0.39 is 35.5 Å². The summed E-state index contributed by atoms with van der Waals surface area (Å²) >= 11 is 0. The molecule has 2 aliphatic rings. The molecule has 2 aromatic rings. The second-order valence-electron chi connectivity index (χ2n) is 7.78. The first-order chi connectivity index (χ1) is 14.3. The highest BCUT2D eigenvalue weighted by molar-refractivity contribution is 6.16. The summed E-state index contributed by atoms with van der Waals surface area (Å²) in [6, 6.07) is 4.41. The minimum Gasteiger partial charge on any atom is -0.443 e. The molecule has 0 bridgehead atoms. The van der Waals surface area contributed by atoms with Gasteiger partial charge >= 0.3 is 6.09 Å². The largest absolute Gasteiger partial charge is 0.443 e. The summed E-state index contributed by atoms with van der Waals surface area (Å²) < 4.78 is 21.8. The zero-order valence-electron chi connectivity index (χ0n) is 16.9. The van der Waals surface area contributed by atoms with E-state index in [2.05, 4.69) is 5.10 Å². The Balaban J connectivity index is 1.67. The Labute approximate surface area is 172 Å². The van der Waals surface area contributed by atoms with E-state index in [0.29, 0.717) is 30.5 Å². The van der Waals surface area contributed by atoms with Crippen LogP contribution in [0.4, 0.5) is 14.9 Å². The zero-order chi connectivity index (χ0) is 21.6. The molecule has 9 heteroatoms. The van der Waals surface area contributed by atoms with E-state index in [1.807, 2.05) is 6.92 Å². The number of cyclic esters (lactones) is 1. The Bertz CT molecular complexity index is 1030. The summed E-state index contributed by atoms with van der Waals surface area (Å²) in [5, 5.41) is 4.17. The molecule has 1 amide bonds. The van der Waals surface area contributed by atoms with Crippen LogP contribution in [0.3, 0.4) is 0 Å². The number of nitrogens with zero attached hydrogens (tertiary/aromatic N) is 3. The Morgan fingerprint density at radius 2 is 2.10 bits per heavy atom. The number of aromatic nitrogens is 2. The van der Waals surface area contributed by atoms with Crippen LogP contribution in [-0.2, 0) is 18.2 Å². The van der Waals surface area contributed by atoms with Gasteiger partial charge in [-0.2, -0.15) is 5.10 Å². The number of benzene rings is 1. The molecule has 1 unspecified atom stereocenters. The van der Waals surface area contributed by atoms with E-state index >= 15 is 4.39 Å². The molecule has 1 aliphatic heterocycles. The minimum atomic E-state index is -0.973. The lowest BCUT2D eigenvalue weighted by Crippen LogP contribution is -2.28. The van der Waals surface area contributed by atoms with E-state index in [0.717, 1.165) is 11.8 Å². The molecule has 2 heterocycles. The van der Waals surface area contributed by atoms with Crippen LogP contribution in [0, 0.1) is 18.7 Å². The average molecular weight is 414 g/mol.